The Balaban J connectivity index is 1.43. The molecule has 0 bridgehead atoms. The van der Waals surface area contributed by atoms with Crippen LogP contribution in [-0.2, 0) is 19.1 Å². The van der Waals surface area contributed by atoms with Crippen molar-refractivity contribution in [1.29, 1.82) is 0 Å². The van der Waals surface area contributed by atoms with Gasteiger partial charge in [0.1, 0.15) is 17.4 Å². The van der Waals surface area contributed by atoms with Gasteiger partial charge in [0.2, 0.25) is 11.8 Å². The standard InChI is InChI=1S/C37H44ClN3O6/c1-4-36-19-11-22-39(26-15-17-27(18-16-26)46-5-2)33(43)29(36)30-34(44)41(21-8-6-7-9-24-42)32-35(45)40(23-12-20-37(30,32)47-36)31-25(3)13-10-14-28(31)38/h10-20,29-30,32,42H,4-9,21-24H2,1-3H3/t29-,30-,32?,36+,37-/m0/s1. The van der Waals surface area contributed by atoms with Crippen molar-refractivity contribution in [3.63, 3.8) is 0 Å². The fraction of sp³-hybridized carbons (Fsp3) is 0.486. The Kier molecular flexibility index (Phi) is 9.52. The van der Waals surface area contributed by atoms with Gasteiger partial charge < -0.3 is 29.3 Å². The van der Waals surface area contributed by atoms with E-state index in [0.29, 0.717) is 61.1 Å². The zero-order valence-corrected chi connectivity index (χ0v) is 28.1. The second kappa shape index (κ2) is 13.5. The average Bonchev–Trinajstić information content (AvgIpc) is 3.34. The molecule has 4 aliphatic heterocycles. The van der Waals surface area contributed by atoms with Crippen molar-refractivity contribution in [3.8, 4) is 5.75 Å². The van der Waals surface area contributed by atoms with Crippen LogP contribution in [0.4, 0.5) is 11.4 Å². The summed E-state index contributed by atoms with van der Waals surface area (Å²) < 4.78 is 12.7. The van der Waals surface area contributed by atoms with E-state index in [0.717, 1.165) is 18.4 Å². The van der Waals surface area contributed by atoms with E-state index in [9.17, 15) is 19.5 Å². The number of anilines is 2. The fourth-order valence-corrected chi connectivity index (χ4v) is 8.36. The number of nitrogens with zero attached hydrogens (tertiary/aromatic N) is 3. The van der Waals surface area contributed by atoms with Gasteiger partial charge in [0.15, 0.2) is 0 Å². The number of likely N-dealkylation sites (tertiary alicyclic amines) is 1. The number of hydrogen-bond acceptors (Lipinski definition) is 6. The van der Waals surface area contributed by atoms with Crippen LogP contribution >= 0.6 is 11.6 Å². The Morgan fingerprint density at radius 1 is 0.894 bits per heavy atom. The van der Waals surface area contributed by atoms with Gasteiger partial charge in [0.05, 0.1) is 34.8 Å². The Morgan fingerprint density at radius 3 is 2.32 bits per heavy atom. The zero-order valence-electron chi connectivity index (χ0n) is 27.4. The maximum atomic E-state index is 14.9. The SMILES string of the molecule is CCOc1ccc(N2CC=C[C@@]3(CC)O[C@]45C=CCN(c6c(C)cccc6Cl)C(=O)C4N(CCCCCCO)C(=O)[C@@H]5[C@H]3C2=O)cc1. The van der Waals surface area contributed by atoms with Gasteiger partial charge in [-0.25, -0.2) is 0 Å². The van der Waals surface area contributed by atoms with E-state index in [1.54, 1.807) is 20.8 Å². The molecule has 2 aromatic carbocycles. The molecule has 0 radical (unpaired) electrons. The molecule has 4 aliphatic rings. The number of para-hydroxylation sites is 1. The second-order valence-electron chi connectivity index (χ2n) is 12.8. The summed E-state index contributed by atoms with van der Waals surface area (Å²) in [6, 6.07) is 11.9. The van der Waals surface area contributed by atoms with E-state index >= 15 is 0 Å². The molecule has 1 spiro atoms. The van der Waals surface area contributed by atoms with E-state index in [1.165, 1.54) is 0 Å². The highest BCUT2D eigenvalue weighted by atomic mass is 35.5. The average molecular weight is 662 g/mol. The summed E-state index contributed by atoms with van der Waals surface area (Å²) in [5.41, 5.74) is -0.283. The summed E-state index contributed by atoms with van der Waals surface area (Å²) in [4.78, 5) is 49.5. The summed E-state index contributed by atoms with van der Waals surface area (Å²) in [7, 11) is 0. The maximum absolute atomic E-state index is 14.9. The maximum Gasteiger partial charge on any atom is 0.253 e. The van der Waals surface area contributed by atoms with Crippen LogP contribution in [0, 0.1) is 18.8 Å². The third kappa shape index (κ3) is 5.56. The number of fused-ring (bicyclic) bond motifs is 2. The minimum atomic E-state index is -1.36. The number of carbonyl (C=O) groups excluding carboxylic acids is 3. The van der Waals surface area contributed by atoms with Crippen molar-refractivity contribution in [2.24, 2.45) is 11.8 Å². The number of halogens is 1. The van der Waals surface area contributed by atoms with Crippen LogP contribution in [0.1, 0.15) is 51.5 Å². The van der Waals surface area contributed by atoms with E-state index in [4.69, 9.17) is 21.1 Å². The molecule has 3 amide bonds. The summed E-state index contributed by atoms with van der Waals surface area (Å²) >= 11 is 6.70. The van der Waals surface area contributed by atoms with Gasteiger partial charge in [-0.2, -0.15) is 0 Å². The smallest absolute Gasteiger partial charge is 0.253 e. The van der Waals surface area contributed by atoms with E-state index in [2.05, 4.69) is 0 Å². The third-order valence-corrected chi connectivity index (χ3v) is 10.5. The molecule has 1 N–H and O–H groups in total. The van der Waals surface area contributed by atoms with Gasteiger partial charge in [-0.15, -0.1) is 0 Å². The number of hydrogen-bond donors (Lipinski definition) is 1. The van der Waals surface area contributed by atoms with Crippen LogP contribution in [0.25, 0.3) is 0 Å². The first-order valence-corrected chi connectivity index (χ1v) is 17.2. The van der Waals surface area contributed by atoms with Gasteiger partial charge in [-0.05, 0) is 69.0 Å². The van der Waals surface area contributed by atoms with Crippen molar-refractivity contribution in [2.45, 2.75) is 70.1 Å². The molecule has 0 aliphatic carbocycles. The molecule has 1 unspecified atom stereocenters. The highest BCUT2D eigenvalue weighted by Gasteiger charge is 2.75. The Morgan fingerprint density at radius 2 is 1.62 bits per heavy atom. The molecule has 0 aromatic heterocycles. The largest absolute Gasteiger partial charge is 0.494 e. The van der Waals surface area contributed by atoms with Gasteiger partial charge in [0, 0.05) is 31.9 Å². The van der Waals surface area contributed by atoms with Crippen molar-refractivity contribution in [1.82, 2.24) is 4.90 Å². The molecule has 250 valence electrons. The quantitative estimate of drug-likeness (QED) is 0.254. The van der Waals surface area contributed by atoms with Crippen molar-refractivity contribution < 1.29 is 29.0 Å². The lowest BCUT2D eigenvalue weighted by Crippen LogP contribution is -2.56. The van der Waals surface area contributed by atoms with Crippen LogP contribution in [-0.4, -0.2) is 77.8 Å². The number of rotatable bonds is 11. The number of amides is 3. The molecule has 47 heavy (non-hydrogen) atoms. The number of aryl methyl sites for hydroxylation is 1. The van der Waals surface area contributed by atoms with E-state index < -0.39 is 29.1 Å². The summed E-state index contributed by atoms with van der Waals surface area (Å²) in [6.45, 7) is 7.36. The molecule has 4 heterocycles. The lowest BCUT2D eigenvalue weighted by atomic mass is 9.73. The summed E-state index contributed by atoms with van der Waals surface area (Å²) in [5.74, 6) is -1.77. The molecular formula is C37H44ClN3O6. The van der Waals surface area contributed by atoms with Crippen LogP contribution < -0.4 is 14.5 Å². The van der Waals surface area contributed by atoms with Gasteiger partial charge >= 0.3 is 0 Å². The number of benzene rings is 2. The number of aliphatic hydroxyl groups excluding tert-OH is 1. The molecular weight excluding hydrogens is 618 g/mol. The number of carbonyl (C=O) groups is 3. The van der Waals surface area contributed by atoms with Crippen molar-refractivity contribution >= 4 is 40.7 Å². The van der Waals surface area contributed by atoms with Crippen LogP contribution in [0.15, 0.2) is 66.8 Å². The zero-order chi connectivity index (χ0) is 33.3. The van der Waals surface area contributed by atoms with Gasteiger partial charge in [-0.3, -0.25) is 14.4 Å². The molecule has 2 aromatic rings. The summed E-state index contributed by atoms with van der Waals surface area (Å²) in [5, 5.41) is 9.73. The van der Waals surface area contributed by atoms with Crippen LogP contribution in [0.5, 0.6) is 5.75 Å². The molecule has 6 rings (SSSR count). The van der Waals surface area contributed by atoms with Crippen LogP contribution in [0.2, 0.25) is 5.02 Å². The second-order valence-corrected chi connectivity index (χ2v) is 13.2. The van der Waals surface area contributed by atoms with Gasteiger partial charge in [-0.1, -0.05) is 67.8 Å². The molecule has 2 saturated heterocycles. The highest BCUT2D eigenvalue weighted by molar-refractivity contribution is 6.34. The lowest BCUT2D eigenvalue weighted by molar-refractivity contribution is -0.145. The monoisotopic (exact) mass is 661 g/mol. The van der Waals surface area contributed by atoms with Crippen LogP contribution in [0.3, 0.4) is 0 Å². The normalized spacial score (nSPS) is 28.3. The van der Waals surface area contributed by atoms with E-state index in [1.807, 2.05) is 81.5 Å². The molecule has 0 saturated carbocycles. The predicted molar refractivity (Wildman–Crippen MR) is 182 cm³/mol. The first-order chi connectivity index (χ1) is 22.7. The number of aliphatic hydroxyl groups is 1. The fourth-order valence-electron chi connectivity index (χ4n) is 8.03. The molecule has 10 heteroatoms. The Labute approximate surface area is 281 Å². The topological polar surface area (TPSA) is 99.6 Å². The third-order valence-electron chi connectivity index (χ3n) is 10.2. The predicted octanol–water partition coefficient (Wildman–Crippen LogP) is 5.47. The van der Waals surface area contributed by atoms with E-state index in [-0.39, 0.29) is 30.9 Å². The molecule has 9 nitrogen and oxygen atoms in total. The highest BCUT2D eigenvalue weighted by Crippen LogP contribution is 2.59. The lowest BCUT2D eigenvalue weighted by Gasteiger charge is -2.38. The molecule has 5 atom stereocenters. The number of unbranched alkanes of at least 4 members (excludes halogenated alkanes) is 3. The Hall–Kier alpha value is -3.66. The van der Waals surface area contributed by atoms with Crippen molar-refractivity contribution in [2.75, 3.05) is 42.6 Å². The Bertz CT molecular complexity index is 1560. The number of ether oxygens (including phenoxy) is 2. The molecule has 2 fully saturated rings. The minimum absolute atomic E-state index is 0.112. The first-order valence-electron chi connectivity index (χ1n) is 16.8. The van der Waals surface area contributed by atoms with Gasteiger partial charge in [0.25, 0.3) is 5.91 Å². The first kappa shape index (κ1) is 33.2. The summed E-state index contributed by atoms with van der Waals surface area (Å²) in [6.07, 6.45) is 11.0. The minimum Gasteiger partial charge on any atom is -0.494 e. The van der Waals surface area contributed by atoms with Crippen molar-refractivity contribution in [3.05, 3.63) is 77.4 Å².